The molecule has 0 saturated heterocycles. The van der Waals surface area contributed by atoms with Gasteiger partial charge >= 0.3 is 0 Å². The van der Waals surface area contributed by atoms with Crippen molar-refractivity contribution in [2.45, 2.75) is 54.4 Å². The average molecular weight is 290 g/mol. The van der Waals surface area contributed by atoms with Crippen molar-refractivity contribution in [3.8, 4) is 0 Å². The van der Waals surface area contributed by atoms with Crippen LogP contribution >= 0.6 is 0 Å². The Morgan fingerprint density at radius 2 is 0.864 bits per heavy atom. The molecular weight excluding hydrogens is 264 g/mol. The Balaban J connectivity index is 2.52. The monoisotopic (exact) mass is 290 g/mol. The SMILES string of the molecule is CCc1cc2c(C)c3cc(C)c(CC)cc3c(C)c2cc1C. The minimum Gasteiger partial charge on any atom is -0.0613 e. The van der Waals surface area contributed by atoms with Crippen molar-refractivity contribution < 1.29 is 0 Å². The van der Waals surface area contributed by atoms with Crippen LogP contribution < -0.4 is 0 Å². The maximum absolute atomic E-state index is 2.41. The van der Waals surface area contributed by atoms with Gasteiger partial charge in [0.05, 0.1) is 0 Å². The maximum atomic E-state index is 2.41. The first-order valence-electron chi connectivity index (χ1n) is 8.43. The Morgan fingerprint density at radius 1 is 0.545 bits per heavy atom. The molecule has 3 aromatic rings. The van der Waals surface area contributed by atoms with E-state index in [-0.39, 0.29) is 0 Å². The topological polar surface area (TPSA) is 0 Å². The third-order valence-corrected chi connectivity index (χ3v) is 5.33. The first-order chi connectivity index (χ1) is 10.5. The summed E-state index contributed by atoms with van der Waals surface area (Å²) in [5, 5.41) is 5.70. The van der Waals surface area contributed by atoms with E-state index < -0.39 is 0 Å². The summed E-state index contributed by atoms with van der Waals surface area (Å²) < 4.78 is 0. The van der Waals surface area contributed by atoms with E-state index in [4.69, 9.17) is 0 Å². The Kier molecular flexibility index (Phi) is 3.72. The second-order valence-electron chi connectivity index (χ2n) is 6.61. The van der Waals surface area contributed by atoms with Gasteiger partial charge in [0.15, 0.2) is 0 Å². The molecule has 0 amide bonds. The lowest BCUT2D eigenvalue weighted by atomic mass is 9.88. The van der Waals surface area contributed by atoms with Crippen molar-refractivity contribution in [3.05, 3.63) is 57.6 Å². The van der Waals surface area contributed by atoms with Gasteiger partial charge in [-0.2, -0.15) is 0 Å². The molecule has 0 heterocycles. The van der Waals surface area contributed by atoms with Crippen molar-refractivity contribution in [1.82, 2.24) is 0 Å². The quantitative estimate of drug-likeness (QED) is 0.482. The van der Waals surface area contributed by atoms with E-state index in [1.54, 1.807) is 0 Å². The first-order valence-corrected chi connectivity index (χ1v) is 8.43. The van der Waals surface area contributed by atoms with Gasteiger partial charge in [-0.15, -0.1) is 0 Å². The van der Waals surface area contributed by atoms with E-state index in [2.05, 4.69) is 65.8 Å². The van der Waals surface area contributed by atoms with Crippen LogP contribution in [0.1, 0.15) is 47.2 Å². The number of hydrogen-bond acceptors (Lipinski definition) is 0. The summed E-state index contributed by atoms with van der Waals surface area (Å²) in [5.74, 6) is 0. The van der Waals surface area contributed by atoms with Crippen LogP contribution in [0.3, 0.4) is 0 Å². The van der Waals surface area contributed by atoms with Crippen molar-refractivity contribution in [2.24, 2.45) is 0 Å². The Morgan fingerprint density at radius 3 is 1.18 bits per heavy atom. The molecule has 22 heavy (non-hydrogen) atoms. The first kappa shape index (κ1) is 15.1. The van der Waals surface area contributed by atoms with Gasteiger partial charge in [0.25, 0.3) is 0 Å². The molecule has 0 spiro atoms. The highest BCUT2D eigenvalue weighted by atomic mass is 14.2. The van der Waals surface area contributed by atoms with Crippen LogP contribution in [0.15, 0.2) is 24.3 Å². The highest BCUT2D eigenvalue weighted by Gasteiger charge is 2.12. The molecule has 0 nitrogen and oxygen atoms in total. The van der Waals surface area contributed by atoms with Crippen LogP contribution in [-0.4, -0.2) is 0 Å². The highest BCUT2D eigenvalue weighted by molar-refractivity contribution is 6.06. The summed E-state index contributed by atoms with van der Waals surface area (Å²) >= 11 is 0. The zero-order valence-electron chi connectivity index (χ0n) is 14.7. The van der Waals surface area contributed by atoms with E-state index in [1.165, 1.54) is 54.9 Å². The maximum Gasteiger partial charge on any atom is -0.0143 e. The lowest BCUT2D eigenvalue weighted by molar-refractivity contribution is 1.11. The summed E-state index contributed by atoms with van der Waals surface area (Å²) in [6.07, 6.45) is 2.21. The van der Waals surface area contributed by atoms with Crippen LogP contribution in [0.2, 0.25) is 0 Å². The standard InChI is InChI=1S/C22H26/c1-7-17-11-21-15(5)20-10-14(4)18(8-2)12-22(20)16(6)19(21)9-13(17)3/h9-12H,7-8H2,1-6H3. The summed E-state index contributed by atoms with van der Waals surface area (Å²) in [5.41, 5.74) is 8.62. The van der Waals surface area contributed by atoms with Crippen molar-refractivity contribution >= 4 is 21.5 Å². The predicted octanol–water partition coefficient (Wildman–Crippen LogP) is 6.35. The van der Waals surface area contributed by atoms with Gasteiger partial charge in [-0.25, -0.2) is 0 Å². The Labute approximate surface area is 134 Å². The molecule has 0 aromatic heterocycles. The zero-order valence-corrected chi connectivity index (χ0v) is 14.7. The van der Waals surface area contributed by atoms with Gasteiger partial charge in [0.1, 0.15) is 0 Å². The molecule has 0 fully saturated rings. The molecule has 0 heteroatoms. The third kappa shape index (κ3) is 2.13. The number of aryl methyl sites for hydroxylation is 6. The van der Waals surface area contributed by atoms with Crippen molar-refractivity contribution in [1.29, 1.82) is 0 Å². The van der Waals surface area contributed by atoms with Crippen LogP contribution in [0.4, 0.5) is 0 Å². The van der Waals surface area contributed by atoms with Crippen LogP contribution in [0.5, 0.6) is 0 Å². The second kappa shape index (κ2) is 5.43. The number of hydrogen-bond donors (Lipinski definition) is 0. The van der Waals surface area contributed by atoms with Gasteiger partial charge in [-0.3, -0.25) is 0 Å². The normalized spacial score (nSPS) is 11.5. The van der Waals surface area contributed by atoms with Crippen LogP contribution in [0, 0.1) is 27.7 Å². The second-order valence-corrected chi connectivity index (χ2v) is 6.61. The average Bonchev–Trinajstić information content (AvgIpc) is 2.52. The highest BCUT2D eigenvalue weighted by Crippen LogP contribution is 2.35. The molecule has 114 valence electrons. The lowest BCUT2D eigenvalue weighted by Crippen LogP contribution is -1.95. The number of fused-ring (bicyclic) bond motifs is 2. The smallest absolute Gasteiger partial charge is 0.0143 e. The molecule has 0 saturated carbocycles. The number of rotatable bonds is 2. The molecule has 0 atom stereocenters. The minimum absolute atomic E-state index is 1.10. The number of benzene rings is 3. The van der Waals surface area contributed by atoms with Crippen LogP contribution in [0.25, 0.3) is 21.5 Å². The van der Waals surface area contributed by atoms with Gasteiger partial charge in [0, 0.05) is 0 Å². The summed E-state index contributed by atoms with van der Waals surface area (Å²) in [4.78, 5) is 0. The summed E-state index contributed by atoms with van der Waals surface area (Å²) in [6.45, 7) is 13.5. The van der Waals surface area contributed by atoms with E-state index in [1.807, 2.05) is 0 Å². The Hall–Kier alpha value is -1.82. The molecule has 0 aliphatic carbocycles. The van der Waals surface area contributed by atoms with Gasteiger partial charge in [-0.05, 0) is 95.5 Å². The third-order valence-electron chi connectivity index (χ3n) is 5.33. The van der Waals surface area contributed by atoms with Crippen molar-refractivity contribution in [3.63, 3.8) is 0 Å². The lowest BCUT2D eigenvalue weighted by Gasteiger charge is -2.17. The van der Waals surface area contributed by atoms with Gasteiger partial charge in [0.2, 0.25) is 0 Å². The fraction of sp³-hybridized carbons (Fsp3) is 0.364. The molecule has 3 aromatic carbocycles. The molecule has 0 unspecified atom stereocenters. The fourth-order valence-electron chi connectivity index (χ4n) is 3.80. The van der Waals surface area contributed by atoms with E-state index in [0.717, 1.165) is 12.8 Å². The van der Waals surface area contributed by atoms with Gasteiger partial charge in [-0.1, -0.05) is 38.1 Å². The van der Waals surface area contributed by atoms with Gasteiger partial charge < -0.3 is 0 Å². The molecule has 0 radical (unpaired) electrons. The minimum atomic E-state index is 1.10. The molecule has 0 bridgehead atoms. The van der Waals surface area contributed by atoms with Crippen LogP contribution in [-0.2, 0) is 12.8 Å². The van der Waals surface area contributed by atoms with E-state index in [0.29, 0.717) is 0 Å². The molecule has 0 N–H and O–H groups in total. The Bertz CT molecular complexity index is 807. The zero-order chi connectivity index (χ0) is 16.0. The molecule has 0 aliphatic heterocycles. The molecule has 3 rings (SSSR count). The van der Waals surface area contributed by atoms with E-state index >= 15 is 0 Å². The summed E-state index contributed by atoms with van der Waals surface area (Å²) in [7, 11) is 0. The van der Waals surface area contributed by atoms with Crippen molar-refractivity contribution in [2.75, 3.05) is 0 Å². The summed E-state index contributed by atoms with van der Waals surface area (Å²) in [6, 6.07) is 9.61. The fourth-order valence-corrected chi connectivity index (χ4v) is 3.80. The molecular formula is C22H26. The largest absolute Gasteiger partial charge is 0.0613 e. The predicted molar refractivity (Wildman–Crippen MR) is 99.2 cm³/mol. The van der Waals surface area contributed by atoms with E-state index in [9.17, 15) is 0 Å². The molecule has 0 aliphatic rings.